The lowest BCUT2D eigenvalue weighted by Gasteiger charge is -2.21. The number of amides is 4. The van der Waals surface area contributed by atoms with Gasteiger partial charge >= 0.3 is 6.03 Å². The predicted octanol–water partition coefficient (Wildman–Crippen LogP) is 4.13. The van der Waals surface area contributed by atoms with Gasteiger partial charge in [0, 0.05) is 16.6 Å². The second-order valence-corrected chi connectivity index (χ2v) is 8.39. The summed E-state index contributed by atoms with van der Waals surface area (Å²) in [6.45, 7) is 0.239. The molecule has 1 aliphatic heterocycles. The van der Waals surface area contributed by atoms with Crippen LogP contribution in [0.5, 0.6) is 11.5 Å². The van der Waals surface area contributed by atoms with Crippen LogP contribution in [0, 0.1) is 0 Å². The Morgan fingerprint density at radius 1 is 1.00 bits per heavy atom. The first-order chi connectivity index (χ1) is 16.0. The minimum atomic E-state index is -0.927. The molecule has 8 nitrogen and oxygen atoms in total. The van der Waals surface area contributed by atoms with Gasteiger partial charge in [-0.15, -0.1) is 11.3 Å². The molecule has 9 heteroatoms. The molecule has 4 amide bonds. The molecule has 4 rings (SSSR count). The van der Waals surface area contributed by atoms with Gasteiger partial charge in [0.25, 0.3) is 5.91 Å². The summed E-state index contributed by atoms with van der Waals surface area (Å²) >= 11 is 1.49. The SMILES string of the molecule is COc1ccc(NC(=O)C[C@H]2C(=O)N(c3cccc(OC)c3)C(=O)N2Cc2cccs2)cc1. The van der Waals surface area contributed by atoms with Crippen molar-refractivity contribution in [3.8, 4) is 11.5 Å². The number of nitrogens with one attached hydrogen (secondary N) is 1. The molecule has 0 unspecified atom stereocenters. The largest absolute Gasteiger partial charge is 0.497 e. The Bertz CT molecular complexity index is 1150. The van der Waals surface area contributed by atoms with E-state index in [9.17, 15) is 14.4 Å². The number of carbonyl (C=O) groups is 3. The van der Waals surface area contributed by atoms with E-state index in [4.69, 9.17) is 9.47 Å². The minimum absolute atomic E-state index is 0.164. The zero-order valence-electron chi connectivity index (χ0n) is 18.2. The van der Waals surface area contributed by atoms with Gasteiger partial charge in [0.1, 0.15) is 17.5 Å². The molecule has 1 N–H and O–H groups in total. The van der Waals surface area contributed by atoms with Gasteiger partial charge < -0.3 is 19.7 Å². The van der Waals surface area contributed by atoms with Gasteiger partial charge in [-0.3, -0.25) is 9.59 Å². The molecule has 1 saturated heterocycles. The monoisotopic (exact) mass is 465 g/mol. The summed E-state index contributed by atoms with van der Waals surface area (Å²) in [5, 5.41) is 4.69. The molecule has 3 aromatic rings. The molecule has 0 bridgehead atoms. The van der Waals surface area contributed by atoms with Gasteiger partial charge in [0.15, 0.2) is 0 Å². The van der Waals surface area contributed by atoms with E-state index in [1.807, 2.05) is 17.5 Å². The van der Waals surface area contributed by atoms with E-state index in [1.165, 1.54) is 23.3 Å². The maximum Gasteiger partial charge on any atom is 0.332 e. The molecule has 0 spiro atoms. The summed E-state index contributed by atoms with van der Waals surface area (Å²) < 4.78 is 10.4. The fourth-order valence-corrected chi connectivity index (χ4v) is 4.34. The molecule has 0 saturated carbocycles. The summed E-state index contributed by atoms with van der Waals surface area (Å²) in [6.07, 6.45) is -0.164. The second-order valence-electron chi connectivity index (χ2n) is 7.36. The van der Waals surface area contributed by atoms with Gasteiger partial charge in [-0.2, -0.15) is 0 Å². The number of hydrogen-bond donors (Lipinski definition) is 1. The number of nitrogens with zero attached hydrogens (tertiary/aromatic N) is 2. The topological polar surface area (TPSA) is 88.2 Å². The fraction of sp³-hybridized carbons (Fsp3) is 0.208. The van der Waals surface area contributed by atoms with E-state index in [1.54, 1.807) is 55.6 Å². The Labute approximate surface area is 195 Å². The van der Waals surface area contributed by atoms with Crippen molar-refractivity contribution in [2.75, 3.05) is 24.4 Å². The number of imide groups is 1. The first-order valence-corrected chi connectivity index (χ1v) is 11.1. The molecular weight excluding hydrogens is 442 g/mol. The van der Waals surface area contributed by atoms with Crippen LogP contribution < -0.4 is 19.7 Å². The summed E-state index contributed by atoms with van der Waals surface area (Å²) in [5.41, 5.74) is 0.977. The van der Waals surface area contributed by atoms with E-state index in [2.05, 4.69) is 5.32 Å². The number of ether oxygens (including phenoxy) is 2. The van der Waals surface area contributed by atoms with Crippen molar-refractivity contribution in [3.05, 3.63) is 70.9 Å². The smallest absolute Gasteiger partial charge is 0.332 e. The van der Waals surface area contributed by atoms with Crippen LogP contribution in [-0.4, -0.2) is 43.0 Å². The van der Waals surface area contributed by atoms with Crippen LogP contribution in [0.1, 0.15) is 11.3 Å². The standard InChI is InChI=1S/C24H23N3O5S/c1-31-18-10-8-16(9-11-18)25-22(28)14-21-23(29)27(17-5-3-6-19(13-17)32-2)24(30)26(21)15-20-7-4-12-33-20/h3-13,21H,14-15H2,1-2H3,(H,25,28)/t21-/m0/s1. The van der Waals surface area contributed by atoms with Crippen molar-refractivity contribution >= 4 is 40.6 Å². The highest BCUT2D eigenvalue weighted by atomic mass is 32.1. The highest BCUT2D eigenvalue weighted by molar-refractivity contribution is 7.09. The van der Waals surface area contributed by atoms with Gasteiger partial charge in [0.2, 0.25) is 5.91 Å². The van der Waals surface area contributed by atoms with Gasteiger partial charge in [0.05, 0.1) is 32.9 Å². The second kappa shape index (κ2) is 9.74. The number of benzene rings is 2. The molecule has 1 aliphatic rings. The van der Waals surface area contributed by atoms with Crippen LogP contribution in [-0.2, 0) is 16.1 Å². The van der Waals surface area contributed by atoms with Crippen molar-refractivity contribution < 1.29 is 23.9 Å². The number of methoxy groups -OCH3 is 2. The van der Waals surface area contributed by atoms with Crippen molar-refractivity contribution in [1.82, 2.24) is 4.90 Å². The molecule has 1 atom stereocenters. The van der Waals surface area contributed by atoms with Crippen molar-refractivity contribution in [1.29, 1.82) is 0 Å². The average molecular weight is 466 g/mol. The Balaban J connectivity index is 1.57. The first-order valence-electron chi connectivity index (χ1n) is 10.2. The maximum atomic E-state index is 13.4. The minimum Gasteiger partial charge on any atom is -0.497 e. The third kappa shape index (κ3) is 4.83. The normalized spacial score (nSPS) is 15.6. The third-order valence-electron chi connectivity index (χ3n) is 5.29. The first kappa shape index (κ1) is 22.3. The van der Waals surface area contributed by atoms with Crippen LogP contribution in [0.4, 0.5) is 16.2 Å². The maximum absolute atomic E-state index is 13.4. The highest BCUT2D eigenvalue weighted by Crippen LogP contribution is 2.31. The molecule has 1 aromatic heterocycles. The number of rotatable bonds is 8. The predicted molar refractivity (Wildman–Crippen MR) is 126 cm³/mol. The van der Waals surface area contributed by atoms with E-state index in [0.717, 1.165) is 9.78 Å². The van der Waals surface area contributed by atoms with Crippen LogP contribution >= 0.6 is 11.3 Å². The Hall–Kier alpha value is -3.85. The van der Waals surface area contributed by atoms with E-state index in [0.29, 0.717) is 22.9 Å². The van der Waals surface area contributed by atoms with Crippen LogP contribution in [0.2, 0.25) is 0 Å². The molecule has 0 aliphatic carbocycles. The average Bonchev–Trinajstić information content (AvgIpc) is 3.42. The molecule has 2 heterocycles. The Kier molecular flexibility index (Phi) is 6.60. The molecule has 2 aromatic carbocycles. The van der Waals surface area contributed by atoms with Crippen molar-refractivity contribution in [2.45, 2.75) is 19.0 Å². The molecule has 1 fully saturated rings. The summed E-state index contributed by atoms with van der Waals surface area (Å²) in [5.74, 6) is 0.379. The zero-order chi connectivity index (χ0) is 23.4. The number of hydrogen-bond acceptors (Lipinski definition) is 6. The number of thiophene rings is 1. The quantitative estimate of drug-likeness (QED) is 0.506. The van der Waals surface area contributed by atoms with Crippen molar-refractivity contribution in [2.24, 2.45) is 0 Å². The number of carbonyl (C=O) groups excluding carboxylic acids is 3. The third-order valence-corrected chi connectivity index (χ3v) is 6.15. The summed E-state index contributed by atoms with van der Waals surface area (Å²) in [6, 6.07) is 16.0. The molecular formula is C24H23N3O5S. The Morgan fingerprint density at radius 2 is 1.76 bits per heavy atom. The molecule has 0 radical (unpaired) electrons. The summed E-state index contributed by atoms with van der Waals surface area (Å²) in [7, 11) is 3.08. The van der Waals surface area contributed by atoms with E-state index in [-0.39, 0.29) is 18.9 Å². The lowest BCUT2D eigenvalue weighted by molar-refractivity contribution is -0.124. The molecule has 33 heavy (non-hydrogen) atoms. The van der Waals surface area contributed by atoms with E-state index < -0.39 is 18.0 Å². The lowest BCUT2D eigenvalue weighted by Crippen LogP contribution is -2.37. The Morgan fingerprint density at radius 3 is 2.42 bits per heavy atom. The fourth-order valence-electron chi connectivity index (χ4n) is 3.63. The van der Waals surface area contributed by atoms with Crippen molar-refractivity contribution in [3.63, 3.8) is 0 Å². The van der Waals surface area contributed by atoms with Gasteiger partial charge in [-0.1, -0.05) is 12.1 Å². The summed E-state index contributed by atoms with van der Waals surface area (Å²) in [4.78, 5) is 42.9. The van der Waals surface area contributed by atoms with E-state index >= 15 is 0 Å². The number of anilines is 2. The highest BCUT2D eigenvalue weighted by Gasteiger charge is 2.46. The number of urea groups is 1. The lowest BCUT2D eigenvalue weighted by atomic mass is 10.1. The van der Waals surface area contributed by atoms with Crippen LogP contribution in [0.3, 0.4) is 0 Å². The van der Waals surface area contributed by atoms with Crippen LogP contribution in [0.15, 0.2) is 66.0 Å². The van der Waals surface area contributed by atoms with Gasteiger partial charge in [-0.05, 0) is 47.8 Å². The molecule has 170 valence electrons. The van der Waals surface area contributed by atoms with Gasteiger partial charge in [-0.25, -0.2) is 9.69 Å². The van der Waals surface area contributed by atoms with Crippen LogP contribution in [0.25, 0.3) is 0 Å². The zero-order valence-corrected chi connectivity index (χ0v) is 19.0.